The molecule has 2 aromatic rings. The van der Waals surface area contributed by atoms with Gasteiger partial charge >= 0.3 is 0 Å². The van der Waals surface area contributed by atoms with E-state index in [0.717, 1.165) is 12.1 Å². The first kappa shape index (κ1) is 16.9. The zero-order valence-corrected chi connectivity index (χ0v) is 14.2. The van der Waals surface area contributed by atoms with Crippen molar-refractivity contribution in [3.8, 4) is 0 Å². The van der Waals surface area contributed by atoms with Gasteiger partial charge in [-0.25, -0.2) is 9.97 Å². The number of hydrogen-bond donors (Lipinski definition) is 2. The molecule has 2 rings (SSSR count). The first-order chi connectivity index (χ1) is 10.9. The summed E-state index contributed by atoms with van der Waals surface area (Å²) in [5.74, 6) is 0.327. The van der Waals surface area contributed by atoms with E-state index in [0.29, 0.717) is 18.1 Å². The molecule has 0 saturated heterocycles. The molecule has 1 aromatic carbocycles. The molecule has 0 atom stereocenters. The highest BCUT2D eigenvalue weighted by Gasteiger charge is 2.13. The Morgan fingerprint density at radius 1 is 1.09 bits per heavy atom. The van der Waals surface area contributed by atoms with Gasteiger partial charge in [0.2, 0.25) is 5.95 Å². The van der Waals surface area contributed by atoms with Crippen LogP contribution in [0.3, 0.4) is 0 Å². The molecule has 0 fully saturated rings. The van der Waals surface area contributed by atoms with Crippen LogP contribution in [0.2, 0.25) is 0 Å². The van der Waals surface area contributed by atoms with E-state index >= 15 is 0 Å². The predicted molar refractivity (Wildman–Crippen MR) is 93.1 cm³/mol. The van der Waals surface area contributed by atoms with Crippen molar-refractivity contribution in [1.29, 1.82) is 0 Å². The van der Waals surface area contributed by atoms with Gasteiger partial charge in [0.05, 0.1) is 5.56 Å². The normalized spacial score (nSPS) is 11.1. The van der Waals surface area contributed by atoms with E-state index in [1.165, 1.54) is 18.0 Å². The molecule has 0 unspecified atom stereocenters. The third-order valence-corrected chi connectivity index (χ3v) is 3.46. The Hall–Kier alpha value is -2.43. The van der Waals surface area contributed by atoms with Gasteiger partial charge in [0.25, 0.3) is 5.91 Å². The fraction of sp³-hybridized carbons (Fsp3) is 0.389. The largest absolute Gasteiger partial charge is 0.352 e. The van der Waals surface area contributed by atoms with Crippen LogP contribution in [0.4, 0.5) is 11.6 Å². The zero-order valence-electron chi connectivity index (χ0n) is 14.2. The van der Waals surface area contributed by atoms with Gasteiger partial charge in [-0.1, -0.05) is 39.8 Å². The Morgan fingerprint density at radius 3 is 2.22 bits per heavy atom. The molecule has 0 aliphatic carbocycles. The van der Waals surface area contributed by atoms with E-state index in [2.05, 4.69) is 53.5 Å². The summed E-state index contributed by atoms with van der Waals surface area (Å²) in [5, 5.41) is 5.94. The summed E-state index contributed by atoms with van der Waals surface area (Å²) < 4.78 is 0. The second kappa shape index (κ2) is 7.22. The van der Waals surface area contributed by atoms with E-state index < -0.39 is 0 Å². The summed E-state index contributed by atoms with van der Waals surface area (Å²) in [6.45, 7) is 9.20. The lowest BCUT2D eigenvalue weighted by Gasteiger charge is -2.19. The average molecular weight is 312 g/mol. The van der Waals surface area contributed by atoms with Crippen LogP contribution in [0.25, 0.3) is 0 Å². The average Bonchev–Trinajstić information content (AvgIpc) is 2.53. The highest BCUT2D eigenvalue weighted by Crippen LogP contribution is 2.24. The van der Waals surface area contributed by atoms with Crippen molar-refractivity contribution in [1.82, 2.24) is 15.3 Å². The van der Waals surface area contributed by atoms with Crippen LogP contribution in [0.5, 0.6) is 0 Å². The van der Waals surface area contributed by atoms with E-state index in [-0.39, 0.29) is 11.3 Å². The van der Waals surface area contributed by atoms with Crippen molar-refractivity contribution in [3.05, 3.63) is 47.8 Å². The number of aromatic nitrogens is 2. The third-order valence-electron chi connectivity index (χ3n) is 3.46. The second-order valence-corrected chi connectivity index (χ2v) is 6.50. The van der Waals surface area contributed by atoms with Crippen molar-refractivity contribution in [3.63, 3.8) is 0 Å². The lowest BCUT2D eigenvalue weighted by molar-refractivity contribution is 0.0953. The minimum atomic E-state index is -0.145. The van der Waals surface area contributed by atoms with Gasteiger partial charge in [0.1, 0.15) is 0 Å². The Balaban J connectivity index is 2.02. The SMILES string of the molecule is CCCNC(=O)c1cnc(Nc2ccc(C(C)(C)C)cc2)nc1. The Bertz CT molecular complexity index is 642. The maximum atomic E-state index is 11.8. The Labute approximate surface area is 137 Å². The molecule has 0 radical (unpaired) electrons. The van der Waals surface area contributed by atoms with Crippen LogP contribution in [-0.2, 0) is 5.41 Å². The number of carbonyl (C=O) groups is 1. The van der Waals surface area contributed by atoms with Crippen molar-refractivity contribution >= 4 is 17.5 Å². The van der Waals surface area contributed by atoms with Crippen LogP contribution in [-0.4, -0.2) is 22.4 Å². The Kier molecular flexibility index (Phi) is 5.32. The standard InChI is InChI=1S/C18H24N4O/c1-5-10-19-16(23)13-11-20-17(21-12-13)22-15-8-6-14(7-9-15)18(2,3)4/h6-9,11-12H,5,10H2,1-4H3,(H,19,23)(H,20,21,22). The number of rotatable bonds is 5. The quantitative estimate of drug-likeness (QED) is 0.884. The van der Waals surface area contributed by atoms with Crippen molar-refractivity contribution in [2.45, 2.75) is 39.5 Å². The molecule has 1 aromatic heterocycles. The molecule has 0 aliphatic heterocycles. The van der Waals surface area contributed by atoms with Gasteiger partial charge in [-0.3, -0.25) is 4.79 Å². The molecular weight excluding hydrogens is 288 g/mol. The smallest absolute Gasteiger partial charge is 0.254 e. The zero-order chi connectivity index (χ0) is 16.9. The van der Waals surface area contributed by atoms with Gasteiger partial charge in [-0.15, -0.1) is 0 Å². The van der Waals surface area contributed by atoms with Crippen LogP contribution in [0.1, 0.15) is 50.0 Å². The number of anilines is 2. The maximum absolute atomic E-state index is 11.8. The van der Waals surface area contributed by atoms with Crippen LogP contribution in [0, 0.1) is 0 Å². The van der Waals surface area contributed by atoms with Crippen LogP contribution >= 0.6 is 0 Å². The lowest BCUT2D eigenvalue weighted by Crippen LogP contribution is -2.24. The van der Waals surface area contributed by atoms with E-state index in [9.17, 15) is 4.79 Å². The first-order valence-corrected chi connectivity index (χ1v) is 7.88. The minimum Gasteiger partial charge on any atom is -0.352 e. The molecular formula is C18H24N4O. The number of nitrogens with zero attached hydrogens (tertiary/aromatic N) is 2. The molecule has 5 nitrogen and oxygen atoms in total. The fourth-order valence-electron chi connectivity index (χ4n) is 2.03. The predicted octanol–water partition coefficient (Wildman–Crippen LogP) is 3.66. The summed E-state index contributed by atoms with van der Waals surface area (Å²) in [6, 6.07) is 8.20. The number of nitrogens with one attached hydrogen (secondary N) is 2. The Morgan fingerprint density at radius 2 is 1.70 bits per heavy atom. The highest BCUT2D eigenvalue weighted by atomic mass is 16.1. The topological polar surface area (TPSA) is 66.9 Å². The molecule has 23 heavy (non-hydrogen) atoms. The van der Waals surface area contributed by atoms with Gasteiger partial charge in [-0.05, 0) is 29.5 Å². The van der Waals surface area contributed by atoms with Crippen molar-refractivity contribution in [2.24, 2.45) is 0 Å². The third kappa shape index (κ3) is 4.77. The summed E-state index contributed by atoms with van der Waals surface area (Å²) >= 11 is 0. The van der Waals surface area contributed by atoms with E-state index in [4.69, 9.17) is 0 Å². The van der Waals surface area contributed by atoms with E-state index in [1.807, 2.05) is 19.1 Å². The number of amides is 1. The molecule has 2 N–H and O–H groups in total. The monoisotopic (exact) mass is 312 g/mol. The molecule has 0 aliphatic rings. The summed E-state index contributed by atoms with van der Waals surface area (Å²) in [6.07, 6.45) is 3.96. The fourth-order valence-corrected chi connectivity index (χ4v) is 2.03. The maximum Gasteiger partial charge on any atom is 0.254 e. The number of carbonyl (C=O) groups excluding carboxylic acids is 1. The number of hydrogen-bond acceptors (Lipinski definition) is 4. The molecule has 1 amide bonds. The van der Waals surface area contributed by atoms with Gasteiger partial charge in [0.15, 0.2) is 0 Å². The molecule has 5 heteroatoms. The summed E-state index contributed by atoms with van der Waals surface area (Å²) in [7, 11) is 0. The minimum absolute atomic E-state index is 0.128. The van der Waals surface area contributed by atoms with Crippen LogP contribution < -0.4 is 10.6 Å². The molecule has 0 bridgehead atoms. The molecule has 0 spiro atoms. The van der Waals surface area contributed by atoms with Gasteiger partial charge in [-0.2, -0.15) is 0 Å². The molecule has 0 saturated carbocycles. The lowest BCUT2D eigenvalue weighted by atomic mass is 9.87. The first-order valence-electron chi connectivity index (χ1n) is 7.88. The summed E-state index contributed by atoms with van der Waals surface area (Å²) in [5.41, 5.74) is 2.78. The van der Waals surface area contributed by atoms with Gasteiger partial charge in [0, 0.05) is 24.6 Å². The van der Waals surface area contributed by atoms with Crippen molar-refractivity contribution in [2.75, 3.05) is 11.9 Å². The molecule has 122 valence electrons. The molecule has 1 heterocycles. The van der Waals surface area contributed by atoms with E-state index in [1.54, 1.807) is 0 Å². The van der Waals surface area contributed by atoms with Crippen molar-refractivity contribution < 1.29 is 4.79 Å². The number of benzene rings is 1. The second-order valence-electron chi connectivity index (χ2n) is 6.50. The summed E-state index contributed by atoms with van der Waals surface area (Å²) in [4.78, 5) is 20.2. The van der Waals surface area contributed by atoms with Crippen LogP contribution in [0.15, 0.2) is 36.7 Å². The van der Waals surface area contributed by atoms with Gasteiger partial charge < -0.3 is 10.6 Å². The highest BCUT2D eigenvalue weighted by molar-refractivity contribution is 5.93.